The number of nitrogens with zero attached hydrogens (tertiary/aromatic N) is 6. The first-order chi connectivity index (χ1) is 46.7. The number of ether oxygens (including phenoxy) is 3. The molecule has 6 N–H and O–H groups in total. The molecule has 0 saturated carbocycles. The van der Waals surface area contributed by atoms with E-state index in [1.807, 2.05) is 147 Å². The molecule has 0 spiro atoms. The Labute approximate surface area is 590 Å². The number of carbonyl (C=O) groups is 6. The zero-order valence-electron chi connectivity index (χ0n) is 58.0. The number of rotatable bonds is 17. The van der Waals surface area contributed by atoms with Crippen molar-refractivity contribution < 1.29 is 52.3 Å². The largest absolute Gasteiger partial charge is 0.494 e. The first-order valence-electron chi connectivity index (χ1n) is 33.4. The Morgan fingerprint density at radius 2 is 0.724 bits per heavy atom. The van der Waals surface area contributed by atoms with Gasteiger partial charge < -0.3 is 69.1 Å². The van der Waals surface area contributed by atoms with Crippen LogP contribution in [0.5, 0.6) is 0 Å². The molecule has 4 aromatic carbocycles. The average molecular weight is 1470 g/mol. The molecular formula is C72H91BBr2N12O11. The van der Waals surface area contributed by atoms with Crippen molar-refractivity contribution in [2.75, 3.05) is 41.0 Å². The number of methoxy groups -OCH3 is 3. The Bertz CT molecular complexity index is 3680. The zero-order chi connectivity index (χ0) is 70.8. The van der Waals surface area contributed by atoms with Crippen LogP contribution in [0.2, 0.25) is 0 Å². The van der Waals surface area contributed by atoms with Gasteiger partial charge in [0.25, 0.3) is 0 Å². The molecule has 7 aromatic rings. The molecule has 4 fully saturated rings. The van der Waals surface area contributed by atoms with Crippen LogP contribution >= 0.6 is 31.9 Å². The fraction of sp³-hybridized carbons (Fsp3) is 0.458. The third kappa shape index (κ3) is 17.6. The predicted molar refractivity (Wildman–Crippen MR) is 382 cm³/mol. The zero-order valence-corrected chi connectivity index (χ0v) is 61.2. The summed E-state index contributed by atoms with van der Waals surface area (Å²) in [5.41, 5.74) is 7.82. The first-order valence-corrected chi connectivity index (χ1v) is 35.0. The molecule has 0 radical (unpaired) electrons. The molecule has 0 aliphatic carbocycles. The van der Waals surface area contributed by atoms with E-state index in [-0.39, 0.29) is 64.8 Å². The monoisotopic (exact) mass is 1470 g/mol. The van der Waals surface area contributed by atoms with Crippen LogP contribution in [0.25, 0.3) is 44.9 Å². The van der Waals surface area contributed by atoms with Crippen molar-refractivity contribution in [1.29, 1.82) is 0 Å². The number of benzene rings is 4. The summed E-state index contributed by atoms with van der Waals surface area (Å²) in [4.78, 5) is 106. The average Bonchev–Trinajstić information content (AvgIpc) is 1.64. The summed E-state index contributed by atoms with van der Waals surface area (Å²) >= 11 is 6.65. The number of carbonyl (C=O) groups excluding carboxylic acids is 6. The highest BCUT2D eigenvalue weighted by molar-refractivity contribution is 9.11. The Kier molecular flexibility index (Phi) is 24.6. The number of likely N-dealkylation sites (tertiary alicyclic amines) is 3. The quantitative estimate of drug-likeness (QED) is 0.0365. The van der Waals surface area contributed by atoms with Gasteiger partial charge in [-0.1, -0.05) is 146 Å². The van der Waals surface area contributed by atoms with E-state index in [0.717, 1.165) is 115 Å². The molecule has 0 unspecified atom stereocenters. The number of amides is 6. The lowest BCUT2D eigenvalue weighted by Crippen LogP contribution is -2.51. The Morgan fingerprint density at radius 1 is 0.459 bits per heavy atom. The lowest BCUT2D eigenvalue weighted by atomic mass is 9.79. The van der Waals surface area contributed by atoms with E-state index in [9.17, 15) is 28.8 Å². The number of imidazole rings is 3. The topological polar surface area (TPSA) is 280 Å². The van der Waals surface area contributed by atoms with E-state index in [1.54, 1.807) is 28.4 Å². The number of alkyl carbamates (subject to hydrolysis) is 3. The molecule has 11 rings (SSSR count). The van der Waals surface area contributed by atoms with Gasteiger partial charge >= 0.3 is 25.4 Å². The van der Waals surface area contributed by atoms with Gasteiger partial charge in [0.05, 0.1) is 86.3 Å². The summed E-state index contributed by atoms with van der Waals surface area (Å²) in [5, 5.41) is 8.06. The Balaban J connectivity index is 0.000000218. The second-order valence-electron chi connectivity index (χ2n) is 27.0. The van der Waals surface area contributed by atoms with Gasteiger partial charge in [0.1, 0.15) is 35.6 Å². The SMILES string of the molecule is Brc1ccc(Br)cc1.COC(=O)N[C@H](C(=O)N1CCC[C@H]1c1ncc(-c2ccc(-c3ccc(-c4cnc([C@@H]5CCCN5C(=O)[C@@H](NC(=O)OC)C(C)C)[nH]4)cc3)cc2)[nH]1)C(C)C.COC(=O)N[C@H](C(=O)N1CCC[C@H]1c1ncc(-c2ccc(B3OC(C)(C)C(C)(C)O3)cc2)[nH]1)C(C)C. The van der Waals surface area contributed by atoms with Gasteiger partial charge in [0.15, 0.2) is 0 Å². The number of aromatic nitrogens is 6. The van der Waals surface area contributed by atoms with Crippen LogP contribution in [0.4, 0.5) is 14.4 Å². The molecular weight excluding hydrogens is 1380 g/mol. The van der Waals surface area contributed by atoms with Gasteiger partial charge in [-0.2, -0.15) is 0 Å². The Hall–Kier alpha value is -8.33. The van der Waals surface area contributed by atoms with Crippen molar-refractivity contribution in [2.24, 2.45) is 17.8 Å². The van der Waals surface area contributed by atoms with Crippen molar-refractivity contribution in [3.63, 3.8) is 0 Å². The van der Waals surface area contributed by atoms with E-state index in [1.165, 1.54) is 21.3 Å². The molecule has 23 nitrogen and oxygen atoms in total. The van der Waals surface area contributed by atoms with Gasteiger partial charge in [-0.05, 0) is 142 Å². The van der Waals surface area contributed by atoms with Crippen molar-refractivity contribution in [3.8, 4) is 44.9 Å². The third-order valence-electron chi connectivity index (χ3n) is 18.8. The van der Waals surface area contributed by atoms with Crippen molar-refractivity contribution in [1.82, 2.24) is 60.6 Å². The molecule has 6 atom stereocenters. The van der Waals surface area contributed by atoms with E-state index in [0.29, 0.717) is 19.6 Å². The summed E-state index contributed by atoms with van der Waals surface area (Å²) in [6.07, 6.45) is 8.48. The van der Waals surface area contributed by atoms with Gasteiger partial charge in [0.2, 0.25) is 17.7 Å². The molecule has 0 bridgehead atoms. The molecule has 4 aliphatic heterocycles. The molecule has 3 aromatic heterocycles. The van der Waals surface area contributed by atoms with E-state index >= 15 is 0 Å². The van der Waals surface area contributed by atoms with Crippen molar-refractivity contribution in [2.45, 2.75) is 155 Å². The van der Waals surface area contributed by atoms with Crippen LogP contribution in [0, 0.1) is 17.8 Å². The fourth-order valence-corrected chi connectivity index (χ4v) is 13.0. The van der Waals surface area contributed by atoms with Gasteiger partial charge in [0, 0.05) is 28.6 Å². The lowest BCUT2D eigenvalue weighted by molar-refractivity contribution is -0.136. The van der Waals surface area contributed by atoms with Crippen LogP contribution in [-0.4, -0.2) is 158 Å². The van der Waals surface area contributed by atoms with Gasteiger partial charge in [-0.25, -0.2) is 29.3 Å². The maximum absolute atomic E-state index is 13.5. The predicted octanol–water partition coefficient (Wildman–Crippen LogP) is 12.9. The first kappa shape index (κ1) is 73.9. The molecule has 98 heavy (non-hydrogen) atoms. The highest BCUT2D eigenvalue weighted by Gasteiger charge is 2.52. The number of hydrogen-bond acceptors (Lipinski definition) is 14. The molecule has 4 aliphatic rings. The Morgan fingerprint density at radius 3 is 0.990 bits per heavy atom. The lowest BCUT2D eigenvalue weighted by Gasteiger charge is -2.32. The highest BCUT2D eigenvalue weighted by atomic mass is 79.9. The van der Waals surface area contributed by atoms with Crippen molar-refractivity contribution >= 4 is 80.4 Å². The molecule has 7 heterocycles. The fourth-order valence-electron chi connectivity index (χ4n) is 12.4. The minimum atomic E-state index is -0.687. The second-order valence-corrected chi connectivity index (χ2v) is 28.8. The third-order valence-corrected chi connectivity index (χ3v) is 19.8. The molecule has 26 heteroatoms. The number of halogens is 2. The number of hydrogen-bond donors (Lipinski definition) is 6. The minimum Gasteiger partial charge on any atom is -0.453 e. The van der Waals surface area contributed by atoms with Crippen molar-refractivity contribution in [3.05, 3.63) is 142 Å². The number of H-pyrrole nitrogens is 3. The smallest absolute Gasteiger partial charge is 0.453 e. The highest BCUT2D eigenvalue weighted by Crippen LogP contribution is 2.39. The van der Waals surface area contributed by atoms with Gasteiger partial charge in [-0.3, -0.25) is 14.4 Å². The molecule has 6 amide bonds. The summed E-state index contributed by atoms with van der Waals surface area (Å²) in [7, 11) is 3.46. The van der Waals surface area contributed by atoms with Crippen LogP contribution in [0.15, 0.2) is 125 Å². The molecule has 522 valence electrons. The van der Waals surface area contributed by atoms with Gasteiger partial charge in [-0.15, -0.1) is 0 Å². The summed E-state index contributed by atoms with van der Waals surface area (Å²) in [6, 6.07) is 29.9. The summed E-state index contributed by atoms with van der Waals surface area (Å²) in [6.45, 7) is 21.4. The summed E-state index contributed by atoms with van der Waals surface area (Å²) in [5.74, 6) is 1.50. The maximum atomic E-state index is 13.5. The van der Waals surface area contributed by atoms with Crippen LogP contribution < -0.4 is 21.4 Å². The molecule has 4 saturated heterocycles. The minimum absolute atomic E-state index is 0.0764. The van der Waals surface area contributed by atoms with Crippen LogP contribution in [-0.2, 0) is 37.9 Å². The van der Waals surface area contributed by atoms with Crippen LogP contribution in [0.1, 0.15) is 143 Å². The summed E-state index contributed by atoms with van der Waals surface area (Å²) < 4.78 is 28.7. The number of aromatic amines is 3. The van der Waals surface area contributed by atoms with Crippen LogP contribution in [0.3, 0.4) is 0 Å². The second kappa shape index (κ2) is 32.6. The van der Waals surface area contributed by atoms with E-state index < -0.39 is 43.5 Å². The van der Waals surface area contributed by atoms with E-state index in [4.69, 9.17) is 23.5 Å². The maximum Gasteiger partial charge on any atom is 0.494 e. The number of nitrogens with one attached hydrogen (secondary N) is 6. The normalized spacial score (nSPS) is 18.7. The standard InChI is InChI=1S/C40H50N8O6.C26H37BN4O5.C6H4Br2/c1-23(2)33(45-39(51)53-5)37(49)47-19-7-9-31(47)35-41-21-29(43-35)27-15-11-25(12-16-27)26-13-17-28(18-14-26)30-22-42-36(44-30)32-10-8-20-48(32)38(50)34(24(3)4)46-40(52)54-6;1-16(2)21(30-24(33)34-7)23(32)31-14-8-9-20(31)22-28-15-19(29-22)17-10-12-18(13-11-17)27-35-25(3,4)26(5,6)36-27;7-5-1-2-6(8)4-3-5/h11-18,21-24,31-34H,7-10,19-20H2,1-6H3,(H,41,43)(H,42,44)(H,45,51)(H,46,52);10-13,15-16,20-21H,8-9,14H2,1-7H3,(H,28,29)(H,30,33);1-4H/t31-,32-,33-,34-;20-,21-;/m00./s1. The van der Waals surface area contributed by atoms with E-state index in [2.05, 4.69) is 102 Å².